The second-order valence-corrected chi connectivity index (χ2v) is 2.51. The van der Waals surface area contributed by atoms with Gasteiger partial charge in [0.1, 0.15) is 5.76 Å². The van der Waals surface area contributed by atoms with E-state index in [2.05, 4.69) is 15.9 Å². The van der Waals surface area contributed by atoms with Gasteiger partial charge in [-0.05, 0) is 34.1 Å². The summed E-state index contributed by atoms with van der Waals surface area (Å²) in [6.45, 7) is 0.0400. The van der Waals surface area contributed by atoms with Gasteiger partial charge in [-0.25, -0.2) is 0 Å². The van der Waals surface area contributed by atoms with Crippen molar-refractivity contribution in [1.29, 1.82) is 0 Å². The topological polar surface area (TPSA) is 33.4 Å². The zero-order valence-corrected chi connectivity index (χ0v) is 6.84. The zero-order chi connectivity index (χ0) is 7.40. The van der Waals surface area contributed by atoms with E-state index < -0.39 is 0 Å². The van der Waals surface area contributed by atoms with Crippen LogP contribution in [-0.2, 0) is 0 Å². The Balaban J connectivity index is 2.67. The van der Waals surface area contributed by atoms with Gasteiger partial charge in [-0.3, -0.25) is 0 Å². The SMILES string of the molecule is OC/C=C/c1ccc(Br)o1. The number of aliphatic hydroxyl groups excluding tert-OH is 1. The summed E-state index contributed by atoms with van der Waals surface area (Å²) in [5.74, 6) is 0.737. The third-order valence-corrected chi connectivity index (χ3v) is 1.41. The zero-order valence-electron chi connectivity index (χ0n) is 5.25. The number of furan rings is 1. The van der Waals surface area contributed by atoms with E-state index in [0.717, 1.165) is 5.76 Å². The molecule has 0 aromatic carbocycles. The van der Waals surface area contributed by atoms with Crippen molar-refractivity contribution in [2.75, 3.05) is 6.61 Å². The summed E-state index contributed by atoms with van der Waals surface area (Å²) in [4.78, 5) is 0. The van der Waals surface area contributed by atoms with Gasteiger partial charge in [0, 0.05) is 0 Å². The fourth-order valence-corrected chi connectivity index (χ4v) is 0.906. The highest BCUT2D eigenvalue weighted by molar-refractivity contribution is 9.10. The Kier molecular flexibility index (Phi) is 2.71. The van der Waals surface area contributed by atoms with Gasteiger partial charge in [-0.15, -0.1) is 0 Å². The molecule has 0 bridgehead atoms. The van der Waals surface area contributed by atoms with E-state index in [1.54, 1.807) is 18.2 Å². The maximum absolute atomic E-state index is 8.39. The highest BCUT2D eigenvalue weighted by Crippen LogP contribution is 2.14. The Morgan fingerprint density at radius 3 is 2.90 bits per heavy atom. The van der Waals surface area contributed by atoms with E-state index in [9.17, 15) is 0 Å². The second kappa shape index (κ2) is 3.58. The lowest BCUT2D eigenvalue weighted by Crippen LogP contribution is -1.69. The first-order chi connectivity index (χ1) is 4.83. The van der Waals surface area contributed by atoms with Crippen LogP contribution in [0.2, 0.25) is 0 Å². The van der Waals surface area contributed by atoms with Crippen molar-refractivity contribution in [2.45, 2.75) is 0 Å². The lowest BCUT2D eigenvalue weighted by atomic mass is 10.4. The van der Waals surface area contributed by atoms with E-state index in [-0.39, 0.29) is 6.61 Å². The number of aliphatic hydroxyl groups is 1. The first-order valence-electron chi connectivity index (χ1n) is 2.85. The quantitative estimate of drug-likeness (QED) is 0.797. The van der Waals surface area contributed by atoms with Crippen molar-refractivity contribution in [1.82, 2.24) is 0 Å². The van der Waals surface area contributed by atoms with Crippen molar-refractivity contribution in [2.24, 2.45) is 0 Å². The van der Waals surface area contributed by atoms with Gasteiger partial charge in [0.15, 0.2) is 4.67 Å². The lowest BCUT2D eigenvalue weighted by molar-refractivity contribution is 0.343. The fraction of sp³-hybridized carbons (Fsp3) is 0.143. The number of halogens is 1. The Labute approximate surface area is 67.3 Å². The minimum atomic E-state index is 0.0400. The van der Waals surface area contributed by atoms with Crippen LogP contribution in [-0.4, -0.2) is 11.7 Å². The molecule has 0 atom stereocenters. The third kappa shape index (κ3) is 2.01. The molecule has 1 rings (SSSR count). The summed E-state index contributed by atoms with van der Waals surface area (Å²) >= 11 is 3.16. The van der Waals surface area contributed by atoms with Crippen LogP contribution in [0.4, 0.5) is 0 Å². The molecule has 0 saturated heterocycles. The van der Waals surface area contributed by atoms with Crippen molar-refractivity contribution in [3.8, 4) is 0 Å². The van der Waals surface area contributed by atoms with Gasteiger partial charge < -0.3 is 9.52 Å². The monoisotopic (exact) mass is 202 g/mol. The molecule has 54 valence electrons. The van der Waals surface area contributed by atoms with Gasteiger partial charge in [-0.1, -0.05) is 6.08 Å². The van der Waals surface area contributed by atoms with E-state index >= 15 is 0 Å². The molecule has 3 heteroatoms. The van der Waals surface area contributed by atoms with E-state index in [1.807, 2.05) is 6.07 Å². The number of hydrogen-bond acceptors (Lipinski definition) is 2. The van der Waals surface area contributed by atoms with Crippen molar-refractivity contribution < 1.29 is 9.52 Å². The molecule has 0 fully saturated rings. The van der Waals surface area contributed by atoms with Crippen LogP contribution in [0.5, 0.6) is 0 Å². The minimum absolute atomic E-state index is 0.0400. The molecule has 1 heterocycles. The van der Waals surface area contributed by atoms with Crippen LogP contribution in [0, 0.1) is 0 Å². The van der Waals surface area contributed by atoms with Gasteiger partial charge in [0.05, 0.1) is 6.61 Å². The summed E-state index contributed by atoms with van der Waals surface area (Å²) < 4.78 is 5.80. The molecule has 0 amide bonds. The average molecular weight is 203 g/mol. The smallest absolute Gasteiger partial charge is 0.169 e. The normalized spacial score (nSPS) is 11.0. The predicted molar refractivity (Wildman–Crippen MR) is 42.5 cm³/mol. The Morgan fingerprint density at radius 2 is 2.40 bits per heavy atom. The highest BCUT2D eigenvalue weighted by atomic mass is 79.9. The third-order valence-electron chi connectivity index (χ3n) is 0.982. The molecule has 1 aromatic rings. The van der Waals surface area contributed by atoms with Gasteiger partial charge in [0.25, 0.3) is 0 Å². The van der Waals surface area contributed by atoms with Crippen molar-refractivity contribution in [3.63, 3.8) is 0 Å². The van der Waals surface area contributed by atoms with Crippen LogP contribution < -0.4 is 0 Å². The molecule has 0 radical (unpaired) electrons. The molecule has 0 saturated carbocycles. The molecule has 2 nitrogen and oxygen atoms in total. The first-order valence-corrected chi connectivity index (χ1v) is 3.65. The highest BCUT2D eigenvalue weighted by Gasteiger charge is 1.91. The van der Waals surface area contributed by atoms with Crippen LogP contribution in [0.25, 0.3) is 6.08 Å². The van der Waals surface area contributed by atoms with Gasteiger partial charge in [-0.2, -0.15) is 0 Å². The predicted octanol–water partition coefficient (Wildman–Crippen LogP) is 2.05. The minimum Gasteiger partial charge on any atom is -0.450 e. The summed E-state index contributed by atoms with van der Waals surface area (Å²) in [5, 5.41) is 8.39. The van der Waals surface area contributed by atoms with Crippen LogP contribution in [0.3, 0.4) is 0 Å². The van der Waals surface area contributed by atoms with E-state index in [1.165, 1.54) is 0 Å². The van der Waals surface area contributed by atoms with Gasteiger partial charge in [0.2, 0.25) is 0 Å². The molecular weight excluding hydrogens is 196 g/mol. The molecule has 0 unspecified atom stereocenters. The fourth-order valence-electron chi connectivity index (χ4n) is 0.587. The molecule has 0 aliphatic rings. The summed E-state index contributed by atoms with van der Waals surface area (Å²) in [6.07, 6.45) is 3.33. The lowest BCUT2D eigenvalue weighted by Gasteiger charge is -1.81. The number of hydrogen-bond donors (Lipinski definition) is 1. The van der Waals surface area contributed by atoms with Crippen molar-refractivity contribution >= 4 is 22.0 Å². The number of rotatable bonds is 2. The van der Waals surface area contributed by atoms with Gasteiger partial charge >= 0.3 is 0 Å². The summed E-state index contributed by atoms with van der Waals surface area (Å²) in [6, 6.07) is 3.62. The van der Waals surface area contributed by atoms with Crippen LogP contribution in [0.1, 0.15) is 5.76 Å². The maximum Gasteiger partial charge on any atom is 0.169 e. The molecule has 0 spiro atoms. The molecule has 1 N–H and O–H groups in total. The van der Waals surface area contributed by atoms with Crippen molar-refractivity contribution in [3.05, 3.63) is 28.6 Å². The largest absolute Gasteiger partial charge is 0.450 e. The standard InChI is InChI=1S/C7H7BrO2/c8-7-4-3-6(10-7)2-1-5-9/h1-4,9H,5H2/b2-1+. The molecule has 0 aliphatic carbocycles. The summed E-state index contributed by atoms with van der Waals surface area (Å²) in [7, 11) is 0. The van der Waals surface area contributed by atoms with E-state index in [0.29, 0.717) is 4.67 Å². The Hall–Kier alpha value is -0.540. The molecule has 10 heavy (non-hydrogen) atoms. The Bertz CT molecular complexity index is 227. The Morgan fingerprint density at radius 1 is 1.60 bits per heavy atom. The summed E-state index contributed by atoms with van der Waals surface area (Å²) in [5.41, 5.74) is 0. The van der Waals surface area contributed by atoms with Crippen LogP contribution >= 0.6 is 15.9 Å². The van der Waals surface area contributed by atoms with Crippen LogP contribution in [0.15, 0.2) is 27.3 Å². The molecule has 0 aliphatic heterocycles. The maximum atomic E-state index is 8.39. The average Bonchev–Trinajstić information content (AvgIpc) is 2.31. The first kappa shape index (κ1) is 7.57. The van der Waals surface area contributed by atoms with E-state index in [4.69, 9.17) is 9.52 Å². The molecule has 1 aromatic heterocycles. The second-order valence-electron chi connectivity index (χ2n) is 1.73. The molecular formula is C7H7BrO2.